The molecular formula is C16H26N2O2. The van der Waals surface area contributed by atoms with Gasteiger partial charge in [-0.25, -0.2) is 0 Å². The first-order chi connectivity index (χ1) is 9.34. The molecule has 1 aliphatic heterocycles. The molecule has 20 heavy (non-hydrogen) atoms. The van der Waals surface area contributed by atoms with Gasteiger partial charge in [0.2, 0.25) is 11.8 Å². The summed E-state index contributed by atoms with van der Waals surface area (Å²) >= 11 is 0. The maximum atomic E-state index is 13.0. The fourth-order valence-corrected chi connectivity index (χ4v) is 3.68. The van der Waals surface area contributed by atoms with Crippen LogP contribution in [-0.2, 0) is 9.59 Å². The highest BCUT2D eigenvalue weighted by molar-refractivity contribution is 5.98. The van der Waals surface area contributed by atoms with Gasteiger partial charge in [0.05, 0.1) is 0 Å². The van der Waals surface area contributed by atoms with E-state index in [1.807, 2.05) is 18.7 Å². The van der Waals surface area contributed by atoms with E-state index < -0.39 is 0 Å². The minimum absolute atomic E-state index is 0.0465. The van der Waals surface area contributed by atoms with Gasteiger partial charge < -0.3 is 10.2 Å². The van der Waals surface area contributed by atoms with E-state index in [4.69, 9.17) is 0 Å². The Labute approximate surface area is 121 Å². The number of carbonyl (C=O) groups is 2. The predicted octanol–water partition coefficient (Wildman–Crippen LogP) is 1.94. The molecule has 2 amide bonds. The van der Waals surface area contributed by atoms with Gasteiger partial charge in [-0.15, -0.1) is 0 Å². The Balaban J connectivity index is 1.94. The Bertz CT molecular complexity index is 436. The van der Waals surface area contributed by atoms with Gasteiger partial charge >= 0.3 is 0 Å². The lowest BCUT2D eigenvalue weighted by Crippen LogP contribution is -2.70. The number of nitrogens with zero attached hydrogens (tertiary/aromatic N) is 1. The molecule has 4 heteroatoms. The second kappa shape index (κ2) is 4.47. The number of hydrogen-bond acceptors (Lipinski definition) is 2. The summed E-state index contributed by atoms with van der Waals surface area (Å²) in [4.78, 5) is 27.4. The van der Waals surface area contributed by atoms with Crippen LogP contribution in [0.1, 0.15) is 53.4 Å². The molecule has 1 saturated heterocycles. The fourth-order valence-electron chi connectivity index (χ4n) is 3.68. The van der Waals surface area contributed by atoms with E-state index >= 15 is 0 Å². The minimum atomic E-state index is -0.312. The van der Waals surface area contributed by atoms with Crippen molar-refractivity contribution >= 4 is 11.8 Å². The van der Waals surface area contributed by atoms with Crippen molar-refractivity contribution in [2.24, 2.45) is 17.8 Å². The largest absolute Gasteiger partial charge is 0.342 e. The molecule has 3 fully saturated rings. The highest BCUT2D eigenvalue weighted by Crippen LogP contribution is 2.46. The molecule has 4 nitrogen and oxygen atoms in total. The number of rotatable bonds is 4. The quantitative estimate of drug-likeness (QED) is 0.854. The molecule has 2 saturated carbocycles. The molecule has 2 aliphatic carbocycles. The van der Waals surface area contributed by atoms with E-state index in [1.54, 1.807) is 0 Å². The number of carbonyl (C=O) groups excluding carboxylic acids is 2. The molecular weight excluding hydrogens is 252 g/mol. The second-order valence-electron chi connectivity index (χ2n) is 7.65. The lowest BCUT2D eigenvalue weighted by atomic mass is 9.86. The second-order valence-corrected chi connectivity index (χ2v) is 7.65. The molecule has 3 aliphatic rings. The van der Waals surface area contributed by atoms with Crippen LogP contribution < -0.4 is 5.32 Å². The highest BCUT2D eigenvalue weighted by Gasteiger charge is 2.55. The SMILES string of the molecule is CC(C)C1C(=O)NC(C2CC2)C(=O)N1C(C)(C)C1CC1. The fraction of sp³-hybridized carbons (Fsp3) is 0.875. The maximum absolute atomic E-state index is 13.0. The molecule has 3 rings (SSSR count). The van der Waals surface area contributed by atoms with E-state index in [1.165, 1.54) is 12.8 Å². The van der Waals surface area contributed by atoms with Gasteiger partial charge in [-0.3, -0.25) is 9.59 Å². The molecule has 1 N–H and O–H groups in total. The number of amides is 2. The molecule has 1 heterocycles. The van der Waals surface area contributed by atoms with Crippen molar-refractivity contribution < 1.29 is 9.59 Å². The van der Waals surface area contributed by atoms with Gasteiger partial charge in [0.15, 0.2) is 0 Å². The first kappa shape index (κ1) is 13.9. The minimum Gasteiger partial charge on any atom is -0.342 e. The van der Waals surface area contributed by atoms with Crippen LogP contribution >= 0.6 is 0 Å². The van der Waals surface area contributed by atoms with Gasteiger partial charge in [-0.05, 0) is 57.3 Å². The molecule has 0 radical (unpaired) electrons. The van der Waals surface area contributed by atoms with Gasteiger partial charge in [-0.1, -0.05) is 13.8 Å². The summed E-state index contributed by atoms with van der Waals surface area (Å²) < 4.78 is 0. The zero-order valence-corrected chi connectivity index (χ0v) is 13.0. The number of hydrogen-bond donors (Lipinski definition) is 1. The Kier molecular flexibility index (Phi) is 3.11. The molecule has 0 bridgehead atoms. The Hall–Kier alpha value is -1.06. The van der Waals surface area contributed by atoms with Crippen molar-refractivity contribution in [3.05, 3.63) is 0 Å². The molecule has 2 unspecified atom stereocenters. The number of piperazine rings is 1. The molecule has 0 aromatic heterocycles. The van der Waals surface area contributed by atoms with Crippen molar-refractivity contribution in [3.8, 4) is 0 Å². The Morgan fingerprint density at radius 1 is 1.15 bits per heavy atom. The molecule has 0 aromatic carbocycles. The third-order valence-electron chi connectivity index (χ3n) is 5.27. The Morgan fingerprint density at radius 2 is 1.75 bits per heavy atom. The van der Waals surface area contributed by atoms with Crippen LogP contribution in [-0.4, -0.2) is 34.3 Å². The van der Waals surface area contributed by atoms with Crippen LogP contribution in [0.2, 0.25) is 0 Å². The third-order valence-corrected chi connectivity index (χ3v) is 5.27. The van der Waals surface area contributed by atoms with E-state index in [0.717, 1.165) is 12.8 Å². The Morgan fingerprint density at radius 3 is 2.20 bits per heavy atom. The molecule has 112 valence electrons. The summed E-state index contributed by atoms with van der Waals surface area (Å²) in [5, 5.41) is 2.99. The lowest BCUT2D eigenvalue weighted by molar-refractivity contribution is -0.159. The van der Waals surface area contributed by atoms with E-state index in [9.17, 15) is 9.59 Å². The van der Waals surface area contributed by atoms with Crippen LogP contribution in [0.4, 0.5) is 0 Å². The van der Waals surface area contributed by atoms with Crippen LogP contribution in [0.25, 0.3) is 0 Å². The molecule has 0 spiro atoms. The normalized spacial score (nSPS) is 31.8. The zero-order valence-electron chi connectivity index (χ0n) is 13.0. The average Bonchev–Trinajstić information content (AvgIpc) is 3.22. The summed E-state index contributed by atoms with van der Waals surface area (Å²) in [5.41, 5.74) is -0.197. The summed E-state index contributed by atoms with van der Waals surface area (Å²) in [6, 6.07) is -0.580. The van der Waals surface area contributed by atoms with Crippen LogP contribution in [0.5, 0.6) is 0 Å². The van der Waals surface area contributed by atoms with Gasteiger partial charge in [0.25, 0.3) is 0 Å². The average molecular weight is 278 g/mol. The smallest absolute Gasteiger partial charge is 0.246 e. The zero-order chi connectivity index (χ0) is 14.7. The summed E-state index contributed by atoms with van der Waals surface area (Å²) in [7, 11) is 0. The topological polar surface area (TPSA) is 49.4 Å². The highest BCUT2D eigenvalue weighted by atomic mass is 16.2. The summed E-state index contributed by atoms with van der Waals surface area (Å²) in [6.45, 7) is 8.34. The standard InChI is InChI=1S/C16H26N2O2/c1-9(2)13-14(19)17-12(10-5-6-10)15(20)18(13)16(3,4)11-7-8-11/h9-13H,5-8H2,1-4H3,(H,17,19). The summed E-state index contributed by atoms with van der Waals surface area (Å²) in [6.07, 6.45) is 4.50. The lowest BCUT2D eigenvalue weighted by Gasteiger charge is -2.49. The predicted molar refractivity (Wildman–Crippen MR) is 76.9 cm³/mol. The molecule has 2 atom stereocenters. The maximum Gasteiger partial charge on any atom is 0.246 e. The molecule has 0 aromatic rings. The van der Waals surface area contributed by atoms with Crippen molar-refractivity contribution in [1.82, 2.24) is 10.2 Å². The van der Waals surface area contributed by atoms with E-state index in [2.05, 4.69) is 19.2 Å². The van der Waals surface area contributed by atoms with Crippen LogP contribution in [0.3, 0.4) is 0 Å². The van der Waals surface area contributed by atoms with Gasteiger partial charge in [0, 0.05) is 5.54 Å². The van der Waals surface area contributed by atoms with Crippen LogP contribution in [0.15, 0.2) is 0 Å². The van der Waals surface area contributed by atoms with Crippen molar-refractivity contribution in [2.75, 3.05) is 0 Å². The van der Waals surface area contributed by atoms with Gasteiger partial charge in [-0.2, -0.15) is 0 Å². The summed E-state index contributed by atoms with van der Waals surface area (Å²) in [5.74, 6) is 1.28. The van der Waals surface area contributed by atoms with Crippen molar-refractivity contribution in [3.63, 3.8) is 0 Å². The monoisotopic (exact) mass is 278 g/mol. The number of nitrogens with one attached hydrogen (secondary N) is 1. The van der Waals surface area contributed by atoms with Crippen molar-refractivity contribution in [1.29, 1.82) is 0 Å². The first-order valence-corrected chi connectivity index (χ1v) is 7.97. The van der Waals surface area contributed by atoms with Crippen molar-refractivity contribution in [2.45, 2.75) is 71.0 Å². The van der Waals surface area contributed by atoms with Gasteiger partial charge in [0.1, 0.15) is 12.1 Å². The third kappa shape index (κ3) is 2.13. The first-order valence-electron chi connectivity index (χ1n) is 7.97. The van der Waals surface area contributed by atoms with E-state index in [-0.39, 0.29) is 35.4 Å². The van der Waals surface area contributed by atoms with Crippen LogP contribution in [0, 0.1) is 17.8 Å². The van der Waals surface area contributed by atoms with E-state index in [0.29, 0.717) is 11.8 Å².